The van der Waals surface area contributed by atoms with Gasteiger partial charge in [-0.25, -0.2) is 27.5 Å². The Bertz CT molecular complexity index is 1250. The summed E-state index contributed by atoms with van der Waals surface area (Å²) in [5, 5.41) is 15.1. The fourth-order valence-electron chi connectivity index (χ4n) is 2.87. The number of hydrogen-bond acceptors (Lipinski definition) is 7. The number of aromatic nitrogens is 2. The van der Waals surface area contributed by atoms with Crippen LogP contribution in [0.25, 0.3) is 21.1 Å². The summed E-state index contributed by atoms with van der Waals surface area (Å²) in [4.78, 5) is 18.5. The van der Waals surface area contributed by atoms with Gasteiger partial charge in [0.05, 0.1) is 34.7 Å². The molecule has 4 aromatic rings. The van der Waals surface area contributed by atoms with E-state index in [1.54, 1.807) is 29.6 Å². The van der Waals surface area contributed by atoms with Crippen molar-refractivity contribution in [2.45, 2.75) is 25.7 Å². The first-order valence-corrected chi connectivity index (χ1v) is 11.5. The number of anilines is 1. The molecule has 0 saturated carbocycles. The Balaban J connectivity index is 0.000000192. The minimum Gasteiger partial charge on any atom is -0.398 e. The van der Waals surface area contributed by atoms with Crippen molar-refractivity contribution in [2.24, 2.45) is 0 Å². The molecular formula is C22H18F4N4O2S2. The van der Waals surface area contributed by atoms with Gasteiger partial charge in [-0.1, -0.05) is 24.3 Å². The van der Waals surface area contributed by atoms with Crippen molar-refractivity contribution >= 4 is 34.0 Å². The Morgan fingerprint density at radius 2 is 1.29 bits per heavy atom. The number of para-hydroxylation sites is 2. The number of rotatable bonds is 7. The van der Waals surface area contributed by atoms with Crippen LogP contribution < -0.4 is 5.73 Å². The fourth-order valence-corrected chi connectivity index (χ4v) is 4.62. The maximum Gasteiger partial charge on any atom is 0.279 e. The summed E-state index contributed by atoms with van der Waals surface area (Å²) in [5.41, 5.74) is 8.14. The lowest BCUT2D eigenvalue weighted by molar-refractivity contribution is -0.384. The smallest absolute Gasteiger partial charge is 0.279 e. The van der Waals surface area contributed by atoms with Gasteiger partial charge in [0, 0.05) is 28.1 Å². The molecule has 2 aromatic heterocycles. The van der Waals surface area contributed by atoms with E-state index in [2.05, 4.69) is 9.97 Å². The lowest BCUT2D eigenvalue weighted by atomic mass is 10.2. The quantitative estimate of drug-likeness (QED) is 0.129. The zero-order valence-corrected chi connectivity index (χ0v) is 19.0. The molecule has 0 aliphatic rings. The molecule has 0 unspecified atom stereocenters. The minimum atomic E-state index is -2.47. The molecule has 0 atom stereocenters. The maximum atomic E-state index is 12.2. The highest BCUT2D eigenvalue weighted by molar-refractivity contribution is 7.13. The van der Waals surface area contributed by atoms with E-state index in [9.17, 15) is 27.7 Å². The van der Waals surface area contributed by atoms with Crippen LogP contribution in [-0.2, 0) is 12.8 Å². The molecule has 2 aromatic carbocycles. The van der Waals surface area contributed by atoms with Gasteiger partial charge in [-0.2, -0.15) is 0 Å². The van der Waals surface area contributed by atoms with Gasteiger partial charge in [0.25, 0.3) is 5.69 Å². The van der Waals surface area contributed by atoms with E-state index in [-0.39, 0.29) is 17.8 Å². The van der Waals surface area contributed by atoms with E-state index in [1.807, 2.05) is 18.2 Å². The van der Waals surface area contributed by atoms with Crippen LogP contribution >= 0.6 is 22.7 Å². The zero-order chi connectivity index (χ0) is 24.7. The summed E-state index contributed by atoms with van der Waals surface area (Å²) in [6.07, 6.45) is -5.56. The van der Waals surface area contributed by atoms with E-state index in [1.165, 1.54) is 22.8 Å². The van der Waals surface area contributed by atoms with E-state index in [4.69, 9.17) is 5.73 Å². The molecule has 0 amide bonds. The molecule has 0 bridgehead atoms. The molecule has 0 aliphatic carbocycles. The fraction of sp³-hybridized carbons (Fsp3) is 0.182. The number of nitro benzene ring substituents is 1. The summed E-state index contributed by atoms with van der Waals surface area (Å²) >= 11 is 2.46. The Kier molecular flexibility index (Phi) is 8.66. The molecule has 2 N–H and O–H groups in total. The molecule has 0 fully saturated rings. The van der Waals surface area contributed by atoms with E-state index < -0.39 is 24.2 Å². The number of hydrogen-bond donors (Lipinski definition) is 1. The first-order valence-electron chi connectivity index (χ1n) is 9.78. The van der Waals surface area contributed by atoms with Crippen LogP contribution in [0.3, 0.4) is 0 Å². The Morgan fingerprint density at radius 1 is 0.824 bits per heavy atom. The Morgan fingerprint density at radius 3 is 1.79 bits per heavy atom. The largest absolute Gasteiger partial charge is 0.398 e. The summed E-state index contributed by atoms with van der Waals surface area (Å²) < 4.78 is 48.7. The molecule has 0 aliphatic heterocycles. The van der Waals surface area contributed by atoms with Gasteiger partial charge >= 0.3 is 0 Å². The number of alkyl halides is 4. The average Bonchev–Trinajstić information content (AvgIpc) is 3.43. The van der Waals surface area contributed by atoms with Gasteiger partial charge < -0.3 is 5.73 Å². The number of nitrogens with zero attached hydrogens (tertiary/aromatic N) is 3. The number of thiazole rings is 2. The number of nitrogen functional groups attached to an aromatic ring is 1. The van der Waals surface area contributed by atoms with Crippen LogP contribution in [-0.4, -0.2) is 27.7 Å². The normalized spacial score (nSPS) is 10.9. The molecule has 34 heavy (non-hydrogen) atoms. The SMILES string of the molecule is Nc1ccccc1-c1nc(CC(F)F)cs1.O=[N+]([O-])c1ccccc1-c1nc(CC(F)F)cs1. The monoisotopic (exact) mass is 510 g/mol. The van der Waals surface area contributed by atoms with Crippen LogP contribution in [0.15, 0.2) is 59.3 Å². The lowest BCUT2D eigenvalue weighted by Crippen LogP contribution is -1.97. The third kappa shape index (κ3) is 6.81. The first kappa shape index (κ1) is 25.2. The number of nitro groups is 1. The number of benzene rings is 2. The third-order valence-electron chi connectivity index (χ3n) is 4.35. The molecule has 0 saturated heterocycles. The third-order valence-corrected chi connectivity index (χ3v) is 6.20. The summed E-state index contributed by atoms with van der Waals surface area (Å²) in [7, 11) is 0. The van der Waals surface area contributed by atoms with Crippen LogP contribution in [0.2, 0.25) is 0 Å². The van der Waals surface area contributed by atoms with Crippen LogP contribution in [0, 0.1) is 10.1 Å². The van der Waals surface area contributed by atoms with Gasteiger partial charge in [-0.05, 0) is 18.2 Å². The summed E-state index contributed by atoms with van der Waals surface area (Å²) in [6, 6.07) is 13.4. The topological polar surface area (TPSA) is 94.9 Å². The second-order valence-electron chi connectivity index (χ2n) is 6.84. The van der Waals surface area contributed by atoms with Crippen molar-refractivity contribution < 1.29 is 22.5 Å². The van der Waals surface area contributed by atoms with Crippen molar-refractivity contribution in [2.75, 3.05) is 5.73 Å². The Labute approximate surface area is 199 Å². The van der Waals surface area contributed by atoms with E-state index >= 15 is 0 Å². The van der Waals surface area contributed by atoms with Crippen LogP contribution in [0.4, 0.5) is 28.9 Å². The lowest BCUT2D eigenvalue weighted by Gasteiger charge is -2.00. The molecule has 12 heteroatoms. The van der Waals surface area contributed by atoms with Crippen molar-refractivity contribution in [1.29, 1.82) is 0 Å². The molecule has 6 nitrogen and oxygen atoms in total. The molecule has 0 radical (unpaired) electrons. The molecule has 0 spiro atoms. The van der Waals surface area contributed by atoms with Crippen molar-refractivity contribution in [3.05, 3.63) is 80.8 Å². The first-order chi connectivity index (χ1) is 16.2. The molecule has 2 heterocycles. The molecule has 4 rings (SSSR count). The highest BCUT2D eigenvalue weighted by Crippen LogP contribution is 2.32. The van der Waals surface area contributed by atoms with Crippen LogP contribution in [0.5, 0.6) is 0 Å². The van der Waals surface area contributed by atoms with Gasteiger partial charge in [0.2, 0.25) is 12.9 Å². The molecular weight excluding hydrogens is 492 g/mol. The van der Waals surface area contributed by atoms with Gasteiger partial charge in [0.15, 0.2) is 0 Å². The van der Waals surface area contributed by atoms with Crippen molar-refractivity contribution in [3.8, 4) is 21.1 Å². The highest BCUT2D eigenvalue weighted by Gasteiger charge is 2.18. The minimum absolute atomic E-state index is 0.0737. The molecule has 178 valence electrons. The average molecular weight is 511 g/mol. The number of halogens is 4. The predicted molar refractivity (Wildman–Crippen MR) is 126 cm³/mol. The van der Waals surface area contributed by atoms with Crippen molar-refractivity contribution in [1.82, 2.24) is 9.97 Å². The number of nitrogens with two attached hydrogens (primary N) is 1. The predicted octanol–water partition coefficient (Wildman–Crippen LogP) is 6.73. The second kappa shape index (κ2) is 11.7. The van der Waals surface area contributed by atoms with Crippen molar-refractivity contribution in [3.63, 3.8) is 0 Å². The van der Waals surface area contributed by atoms with E-state index in [0.717, 1.165) is 16.9 Å². The summed E-state index contributed by atoms with van der Waals surface area (Å²) in [5.74, 6) is 0. The zero-order valence-electron chi connectivity index (χ0n) is 17.4. The van der Waals surface area contributed by atoms with E-state index in [0.29, 0.717) is 27.0 Å². The maximum absolute atomic E-state index is 12.2. The second-order valence-corrected chi connectivity index (χ2v) is 8.56. The summed E-state index contributed by atoms with van der Waals surface area (Å²) in [6.45, 7) is 0. The highest BCUT2D eigenvalue weighted by atomic mass is 32.1. The standard InChI is InChI=1S/C11H8F2N2O2S.C11H10F2N2S/c12-10(13)5-7-6-18-11(14-7)8-3-1-2-4-9(8)15(16)17;12-10(13)5-7-6-16-11(15-7)8-3-1-2-4-9(8)14/h1-4,6,10H,5H2;1-4,6,10H,5,14H2. The van der Waals surface area contributed by atoms with Gasteiger partial charge in [0.1, 0.15) is 10.0 Å². The van der Waals surface area contributed by atoms with Gasteiger partial charge in [-0.3, -0.25) is 10.1 Å². The Hall–Kier alpha value is -3.38. The van der Waals surface area contributed by atoms with Gasteiger partial charge in [-0.15, -0.1) is 22.7 Å². The van der Waals surface area contributed by atoms with Crippen LogP contribution in [0.1, 0.15) is 11.4 Å².